The summed E-state index contributed by atoms with van der Waals surface area (Å²) in [5, 5.41) is 12.3. The summed E-state index contributed by atoms with van der Waals surface area (Å²) < 4.78 is 28.1. The molecule has 0 aliphatic carbocycles. The van der Waals surface area contributed by atoms with E-state index in [0.717, 1.165) is 16.8 Å². The van der Waals surface area contributed by atoms with Crippen molar-refractivity contribution in [2.24, 2.45) is 0 Å². The van der Waals surface area contributed by atoms with Gasteiger partial charge < -0.3 is 5.32 Å². The molecule has 7 nitrogen and oxygen atoms in total. The molecule has 0 saturated carbocycles. The average Bonchev–Trinajstić information content (AvgIpc) is 2.70. The van der Waals surface area contributed by atoms with Crippen molar-refractivity contribution >= 4 is 21.6 Å². The summed E-state index contributed by atoms with van der Waals surface area (Å²) in [6, 6.07) is 13.4. The Morgan fingerprint density at radius 1 is 1.06 bits per heavy atom. The van der Waals surface area contributed by atoms with Crippen LogP contribution < -0.4 is 5.32 Å². The third kappa shape index (κ3) is 4.79. The van der Waals surface area contributed by atoms with Gasteiger partial charge >= 0.3 is 0 Å². The van der Waals surface area contributed by atoms with E-state index in [1.54, 1.807) is 12.1 Å². The minimum Gasteiger partial charge on any atom is -0.324 e. The van der Waals surface area contributed by atoms with E-state index in [1.165, 1.54) is 16.4 Å². The van der Waals surface area contributed by atoms with Gasteiger partial charge in [0.2, 0.25) is 15.9 Å². The Balaban J connectivity index is 1.73. The zero-order valence-corrected chi connectivity index (χ0v) is 19.1. The van der Waals surface area contributed by atoms with Gasteiger partial charge in [0.05, 0.1) is 17.0 Å². The number of aryl methyl sites for hydroxylation is 2. The molecule has 0 bridgehead atoms. The van der Waals surface area contributed by atoms with Crippen molar-refractivity contribution in [2.75, 3.05) is 25.0 Å². The Kier molecular flexibility index (Phi) is 6.80. The van der Waals surface area contributed by atoms with Crippen molar-refractivity contribution in [3.63, 3.8) is 0 Å². The molecule has 8 heteroatoms. The molecule has 1 aliphatic rings. The van der Waals surface area contributed by atoms with Crippen LogP contribution in [0.3, 0.4) is 0 Å². The number of amides is 1. The number of benzene rings is 2. The number of nitriles is 1. The van der Waals surface area contributed by atoms with Crippen LogP contribution in [0.15, 0.2) is 47.4 Å². The molecule has 2 atom stereocenters. The van der Waals surface area contributed by atoms with Crippen molar-refractivity contribution in [3.8, 4) is 6.07 Å². The van der Waals surface area contributed by atoms with Crippen molar-refractivity contribution in [1.29, 1.82) is 5.26 Å². The predicted molar refractivity (Wildman–Crippen MR) is 120 cm³/mol. The highest BCUT2D eigenvalue weighted by atomic mass is 32.2. The highest BCUT2D eigenvalue weighted by Crippen LogP contribution is 2.27. The van der Waals surface area contributed by atoms with Crippen molar-refractivity contribution in [3.05, 3.63) is 59.2 Å². The van der Waals surface area contributed by atoms with E-state index in [-0.39, 0.29) is 35.0 Å². The van der Waals surface area contributed by atoms with E-state index in [2.05, 4.69) is 5.32 Å². The topological polar surface area (TPSA) is 93.5 Å². The molecule has 0 aromatic heterocycles. The lowest BCUT2D eigenvalue weighted by Crippen LogP contribution is -2.59. The molecule has 1 fully saturated rings. The molecule has 1 amide bonds. The number of hydrogen-bond donors (Lipinski definition) is 1. The lowest BCUT2D eigenvalue weighted by molar-refractivity contribution is -0.118. The first-order valence-corrected chi connectivity index (χ1v) is 11.7. The van der Waals surface area contributed by atoms with E-state index in [1.807, 2.05) is 56.9 Å². The van der Waals surface area contributed by atoms with Gasteiger partial charge in [-0.25, -0.2) is 8.42 Å². The third-order valence-electron chi connectivity index (χ3n) is 5.59. The van der Waals surface area contributed by atoms with Gasteiger partial charge in [-0.15, -0.1) is 0 Å². The number of anilines is 1. The summed E-state index contributed by atoms with van der Waals surface area (Å²) in [5.74, 6) is -0.122. The number of carbonyl (C=O) groups is 1. The van der Waals surface area contributed by atoms with Gasteiger partial charge in [0.1, 0.15) is 6.07 Å². The lowest BCUT2D eigenvalue weighted by atomic mass is 10.1. The highest BCUT2D eigenvalue weighted by Gasteiger charge is 2.39. The maximum Gasteiger partial charge on any atom is 0.244 e. The molecule has 1 saturated heterocycles. The number of nitrogens with one attached hydrogen (secondary N) is 1. The molecular weight excluding hydrogens is 412 g/mol. The summed E-state index contributed by atoms with van der Waals surface area (Å²) in [5.41, 5.74) is 2.96. The number of sulfonamides is 1. The molecule has 1 heterocycles. The first-order chi connectivity index (χ1) is 14.6. The second-order valence-corrected chi connectivity index (χ2v) is 9.96. The van der Waals surface area contributed by atoms with E-state index in [0.29, 0.717) is 13.1 Å². The maximum absolute atomic E-state index is 13.3. The molecule has 2 aromatic carbocycles. The first-order valence-electron chi connectivity index (χ1n) is 10.3. The lowest BCUT2D eigenvalue weighted by Gasteiger charge is -2.43. The average molecular weight is 441 g/mol. The number of nitrogens with zero attached hydrogens (tertiary/aromatic N) is 3. The number of piperazine rings is 1. The summed E-state index contributed by atoms with van der Waals surface area (Å²) in [4.78, 5) is 14.7. The van der Waals surface area contributed by atoms with Gasteiger partial charge in [0.15, 0.2) is 0 Å². The summed E-state index contributed by atoms with van der Waals surface area (Å²) in [7, 11) is -3.83. The molecule has 31 heavy (non-hydrogen) atoms. The molecule has 1 N–H and O–H groups in total. The Hall–Kier alpha value is -2.73. The molecule has 1 aliphatic heterocycles. The zero-order chi connectivity index (χ0) is 22.8. The normalized spacial score (nSPS) is 20.2. The Morgan fingerprint density at radius 2 is 1.65 bits per heavy atom. The van der Waals surface area contributed by atoms with Crippen LogP contribution in [0.5, 0.6) is 0 Å². The second-order valence-electron chi connectivity index (χ2n) is 8.15. The number of carbonyl (C=O) groups excluding carboxylic acids is 1. The van der Waals surface area contributed by atoms with Gasteiger partial charge in [-0.05, 0) is 51.0 Å². The quantitative estimate of drug-likeness (QED) is 0.772. The molecule has 0 spiro atoms. The van der Waals surface area contributed by atoms with Crippen molar-refractivity contribution in [1.82, 2.24) is 9.21 Å². The Bertz CT molecular complexity index is 1090. The van der Waals surface area contributed by atoms with E-state index in [9.17, 15) is 18.5 Å². The van der Waals surface area contributed by atoms with Crippen molar-refractivity contribution in [2.45, 2.75) is 44.7 Å². The fraction of sp³-hybridized carbons (Fsp3) is 0.391. The molecule has 164 valence electrons. The smallest absolute Gasteiger partial charge is 0.244 e. The summed E-state index contributed by atoms with van der Waals surface area (Å²) in [6.07, 6.45) is 0. The number of para-hydroxylation sites is 1. The maximum atomic E-state index is 13.3. The zero-order valence-electron chi connectivity index (χ0n) is 18.3. The minimum absolute atomic E-state index is 0.0254. The van der Waals surface area contributed by atoms with Gasteiger partial charge in [-0.1, -0.05) is 30.3 Å². The van der Waals surface area contributed by atoms with E-state index >= 15 is 0 Å². The third-order valence-corrected chi connectivity index (χ3v) is 7.78. The summed E-state index contributed by atoms with van der Waals surface area (Å²) >= 11 is 0. The first kappa shape index (κ1) is 22.9. The molecule has 2 aromatic rings. The molecule has 0 unspecified atom stereocenters. The molecule has 0 radical (unpaired) electrons. The van der Waals surface area contributed by atoms with Gasteiger partial charge in [0.25, 0.3) is 0 Å². The van der Waals surface area contributed by atoms with Crippen LogP contribution in [0.1, 0.15) is 30.5 Å². The van der Waals surface area contributed by atoms with Crippen LogP contribution in [0.4, 0.5) is 5.69 Å². The van der Waals surface area contributed by atoms with Crippen molar-refractivity contribution < 1.29 is 13.2 Å². The van der Waals surface area contributed by atoms with Crippen LogP contribution in [0.2, 0.25) is 0 Å². The monoisotopic (exact) mass is 440 g/mol. The standard InChI is InChI=1S/C23H28N4O3S/c1-16-8-7-9-17(2)23(16)25-22(28)15-26-13-18(3)27(19(4)14-26)31(29,30)21-11-6-5-10-20(21)12-24/h5-11,18-19H,13-15H2,1-4H3,(H,25,28)/t18-,19+. The largest absolute Gasteiger partial charge is 0.324 e. The second kappa shape index (κ2) is 9.18. The van der Waals surface area contributed by atoms with E-state index < -0.39 is 10.0 Å². The minimum atomic E-state index is -3.83. The fourth-order valence-electron chi connectivity index (χ4n) is 4.31. The van der Waals surface area contributed by atoms with Crippen LogP contribution in [0, 0.1) is 25.2 Å². The van der Waals surface area contributed by atoms with Crippen LogP contribution >= 0.6 is 0 Å². The van der Waals surface area contributed by atoms with Gasteiger partial charge in [-0.2, -0.15) is 9.57 Å². The van der Waals surface area contributed by atoms with Gasteiger partial charge in [-0.3, -0.25) is 9.69 Å². The Labute approximate surface area is 184 Å². The Morgan fingerprint density at radius 3 is 2.23 bits per heavy atom. The number of rotatable bonds is 5. The molecular formula is C23H28N4O3S. The predicted octanol–water partition coefficient (Wildman–Crippen LogP) is 2.90. The summed E-state index contributed by atoms with van der Waals surface area (Å²) in [6.45, 7) is 8.62. The molecule has 3 rings (SSSR count). The number of hydrogen-bond acceptors (Lipinski definition) is 5. The highest BCUT2D eigenvalue weighted by molar-refractivity contribution is 7.89. The SMILES string of the molecule is Cc1cccc(C)c1NC(=O)CN1C[C@@H](C)N(S(=O)(=O)c2ccccc2C#N)[C@@H](C)C1. The van der Waals surface area contributed by atoms with E-state index in [4.69, 9.17) is 0 Å². The van der Waals surface area contributed by atoms with Crippen LogP contribution in [0.25, 0.3) is 0 Å². The van der Waals surface area contributed by atoms with Gasteiger partial charge in [0, 0.05) is 30.9 Å². The van der Waals surface area contributed by atoms with Crippen LogP contribution in [-0.4, -0.2) is 55.2 Å². The van der Waals surface area contributed by atoms with Crippen LogP contribution in [-0.2, 0) is 14.8 Å². The fourth-order valence-corrected chi connectivity index (χ4v) is 6.26.